The van der Waals surface area contributed by atoms with Gasteiger partial charge in [0.2, 0.25) is 0 Å². The summed E-state index contributed by atoms with van der Waals surface area (Å²) in [6.45, 7) is 5.43. The summed E-state index contributed by atoms with van der Waals surface area (Å²) >= 11 is 0. The van der Waals surface area contributed by atoms with Crippen molar-refractivity contribution in [2.24, 2.45) is 0 Å². The molecule has 2 nitrogen and oxygen atoms in total. The third-order valence-corrected chi connectivity index (χ3v) is 2.20. The van der Waals surface area contributed by atoms with Crippen molar-refractivity contribution >= 4 is 0 Å². The molecule has 11 heavy (non-hydrogen) atoms. The minimum absolute atomic E-state index is 0.528. The largest absolute Gasteiger partial charge is 0.468 e. The van der Waals surface area contributed by atoms with Crippen molar-refractivity contribution in [3.8, 4) is 0 Å². The second-order valence-corrected chi connectivity index (χ2v) is 3.32. The fraction of sp³-hybridized carbons (Fsp3) is 0.889. The van der Waals surface area contributed by atoms with Crippen LogP contribution in [0.5, 0.6) is 0 Å². The van der Waals surface area contributed by atoms with Crippen molar-refractivity contribution in [2.75, 3.05) is 19.7 Å². The van der Waals surface area contributed by atoms with Gasteiger partial charge in [0.05, 0.1) is 19.2 Å². The third kappa shape index (κ3) is 3.21. The smallest absolute Gasteiger partial charge is 0.0680 e. The fourth-order valence-corrected chi connectivity index (χ4v) is 1.45. The van der Waals surface area contributed by atoms with Gasteiger partial charge in [-0.15, -0.1) is 0 Å². The van der Waals surface area contributed by atoms with Crippen LogP contribution >= 0.6 is 0 Å². The summed E-state index contributed by atoms with van der Waals surface area (Å²) in [5.74, 6) is 0. The second kappa shape index (κ2) is 4.73. The van der Waals surface area contributed by atoms with E-state index in [1.165, 1.54) is 30.8 Å². The highest BCUT2D eigenvalue weighted by molar-refractivity contribution is 4.60. The van der Waals surface area contributed by atoms with Gasteiger partial charge in [-0.1, -0.05) is 6.92 Å². The van der Waals surface area contributed by atoms with Crippen LogP contribution in [0.15, 0.2) is 0 Å². The predicted molar refractivity (Wildman–Crippen MR) is 45.3 cm³/mol. The summed E-state index contributed by atoms with van der Waals surface area (Å²) in [6, 6.07) is 0. The van der Waals surface area contributed by atoms with E-state index in [9.17, 15) is 0 Å². The molecular weight excluding hydrogens is 138 g/mol. The molecule has 66 valence electrons. The lowest BCUT2D eigenvalue weighted by molar-refractivity contribution is -0.860. The summed E-state index contributed by atoms with van der Waals surface area (Å²) in [5.41, 5.74) is 0. The van der Waals surface area contributed by atoms with Gasteiger partial charge >= 0.3 is 0 Å². The molecule has 1 N–H and O–H groups in total. The number of nitrogens with one attached hydrogen (secondary N) is 1. The Kier molecular flexibility index (Phi) is 3.87. The Hall–Kier alpha value is -0.0800. The van der Waals surface area contributed by atoms with Crippen molar-refractivity contribution in [1.82, 2.24) is 0 Å². The highest BCUT2D eigenvalue weighted by Crippen LogP contribution is 2.04. The predicted octanol–water partition coefficient (Wildman–Crippen LogP) is 0.252. The molecule has 0 radical (unpaired) electrons. The van der Waals surface area contributed by atoms with Crippen LogP contribution in [-0.2, 0) is 4.74 Å². The molecule has 1 heterocycles. The lowest BCUT2D eigenvalue weighted by atomic mass is 10.1. The Morgan fingerprint density at radius 1 is 1.45 bits per heavy atom. The third-order valence-electron chi connectivity index (χ3n) is 2.20. The lowest BCUT2D eigenvalue weighted by Gasteiger charge is -2.30. The van der Waals surface area contributed by atoms with E-state index in [0.717, 1.165) is 13.0 Å². The number of likely N-dealkylation sites (tertiary alicyclic amines) is 1. The van der Waals surface area contributed by atoms with Gasteiger partial charge in [0, 0.05) is 19.4 Å². The standard InChI is InChI=1S/C9H19NO/c1-3-8-11-9-4-6-10(2)7-5-9/h9-10H,2-8H2,1H3. The van der Waals surface area contributed by atoms with Gasteiger partial charge in [-0.25, -0.2) is 0 Å². The SMILES string of the molecule is [CH2-][NH+]1CCC(OCCC)CC1. The molecule has 1 saturated heterocycles. The monoisotopic (exact) mass is 157 g/mol. The highest BCUT2D eigenvalue weighted by Gasteiger charge is 2.16. The van der Waals surface area contributed by atoms with Crippen LogP contribution in [-0.4, -0.2) is 25.8 Å². The molecule has 0 amide bonds. The van der Waals surface area contributed by atoms with E-state index in [1.54, 1.807) is 0 Å². The first kappa shape index (κ1) is 9.01. The number of hydrogen-bond donors (Lipinski definition) is 1. The Morgan fingerprint density at radius 2 is 2.09 bits per heavy atom. The van der Waals surface area contributed by atoms with Crippen molar-refractivity contribution in [3.63, 3.8) is 0 Å². The Bertz CT molecular complexity index is 95.0. The molecule has 0 aromatic heterocycles. The molecule has 2 heteroatoms. The molecular formula is C9H19NO. The van der Waals surface area contributed by atoms with Crippen LogP contribution in [0.3, 0.4) is 0 Å². The maximum absolute atomic E-state index is 5.64. The van der Waals surface area contributed by atoms with Gasteiger partial charge < -0.3 is 9.64 Å². The maximum atomic E-state index is 5.64. The minimum Gasteiger partial charge on any atom is -0.468 e. The number of ether oxygens (including phenoxy) is 1. The van der Waals surface area contributed by atoms with Gasteiger partial charge in [-0.2, -0.15) is 7.05 Å². The van der Waals surface area contributed by atoms with Crippen LogP contribution in [0.2, 0.25) is 0 Å². The molecule has 1 fully saturated rings. The van der Waals surface area contributed by atoms with Gasteiger partial charge in [-0.05, 0) is 6.42 Å². The average molecular weight is 157 g/mol. The van der Waals surface area contributed by atoms with E-state index in [2.05, 4.69) is 14.0 Å². The quantitative estimate of drug-likeness (QED) is 0.580. The fourth-order valence-electron chi connectivity index (χ4n) is 1.45. The molecule has 0 atom stereocenters. The first-order chi connectivity index (χ1) is 5.33. The molecule has 1 aliphatic heterocycles. The molecule has 0 saturated carbocycles. The van der Waals surface area contributed by atoms with Crippen LogP contribution in [0, 0.1) is 7.05 Å². The Morgan fingerprint density at radius 3 is 2.64 bits per heavy atom. The van der Waals surface area contributed by atoms with E-state index in [4.69, 9.17) is 4.74 Å². The zero-order chi connectivity index (χ0) is 8.10. The minimum atomic E-state index is 0.528. The van der Waals surface area contributed by atoms with E-state index in [1.807, 2.05) is 0 Å². The van der Waals surface area contributed by atoms with E-state index < -0.39 is 0 Å². The molecule has 1 aliphatic rings. The molecule has 1 rings (SSSR count). The average Bonchev–Trinajstić information content (AvgIpc) is 2.04. The number of hydrogen-bond acceptors (Lipinski definition) is 1. The highest BCUT2D eigenvalue weighted by atomic mass is 16.5. The first-order valence-electron chi connectivity index (χ1n) is 4.61. The number of piperidine rings is 1. The van der Waals surface area contributed by atoms with Crippen LogP contribution in [0.25, 0.3) is 0 Å². The topological polar surface area (TPSA) is 13.7 Å². The van der Waals surface area contributed by atoms with Crippen LogP contribution < -0.4 is 4.90 Å². The zero-order valence-electron chi connectivity index (χ0n) is 7.44. The molecule has 0 bridgehead atoms. The molecule has 0 unspecified atom stereocenters. The maximum Gasteiger partial charge on any atom is 0.0680 e. The van der Waals surface area contributed by atoms with Crippen molar-refractivity contribution < 1.29 is 9.64 Å². The van der Waals surface area contributed by atoms with Crippen molar-refractivity contribution in [1.29, 1.82) is 0 Å². The molecule has 0 aromatic carbocycles. The van der Waals surface area contributed by atoms with E-state index in [-0.39, 0.29) is 0 Å². The van der Waals surface area contributed by atoms with Gasteiger partial charge in [0.1, 0.15) is 0 Å². The first-order valence-corrected chi connectivity index (χ1v) is 4.61. The summed E-state index contributed by atoms with van der Waals surface area (Å²) in [4.78, 5) is 1.40. The van der Waals surface area contributed by atoms with Crippen molar-refractivity contribution in [2.45, 2.75) is 32.3 Å². The summed E-state index contributed by atoms with van der Waals surface area (Å²) in [6.07, 6.45) is 4.05. The summed E-state index contributed by atoms with van der Waals surface area (Å²) < 4.78 is 5.64. The van der Waals surface area contributed by atoms with Crippen LogP contribution in [0.1, 0.15) is 26.2 Å². The Labute approximate surface area is 69.5 Å². The number of quaternary nitrogens is 1. The van der Waals surface area contributed by atoms with E-state index >= 15 is 0 Å². The molecule has 0 spiro atoms. The van der Waals surface area contributed by atoms with Gasteiger partial charge in [0.15, 0.2) is 0 Å². The lowest BCUT2D eigenvalue weighted by Crippen LogP contribution is -3.08. The van der Waals surface area contributed by atoms with Gasteiger partial charge in [0.25, 0.3) is 0 Å². The molecule has 0 aliphatic carbocycles. The zero-order valence-corrected chi connectivity index (χ0v) is 7.44. The summed E-state index contributed by atoms with van der Waals surface area (Å²) in [7, 11) is 3.97. The van der Waals surface area contributed by atoms with E-state index in [0.29, 0.717) is 6.10 Å². The van der Waals surface area contributed by atoms with Crippen molar-refractivity contribution in [3.05, 3.63) is 7.05 Å². The molecule has 0 aromatic rings. The van der Waals surface area contributed by atoms with Gasteiger partial charge in [-0.3, -0.25) is 0 Å². The Balaban J connectivity index is 2.07. The van der Waals surface area contributed by atoms with Crippen LogP contribution in [0.4, 0.5) is 0 Å². The second-order valence-electron chi connectivity index (χ2n) is 3.32. The summed E-state index contributed by atoms with van der Waals surface area (Å²) in [5, 5.41) is 0. The number of rotatable bonds is 3. The normalized spacial score (nSPS) is 32.2.